The summed E-state index contributed by atoms with van der Waals surface area (Å²) >= 11 is 22.9. The smallest absolute Gasteiger partial charge is 0.338 e. The maximum atomic E-state index is 11.9. The van der Waals surface area contributed by atoms with Crippen LogP contribution in [0.1, 0.15) is 30.1 Å². The quantitative estimate of drug-likeness (QED) is 0.185. The first kappa shape index (κ1) is 24.6. The van der Waals surface area contributed by atoms with Crippen LogP contribution in [-0.2, 0) is 4.74 Å². The van der Waals surface area contributed by atoms with Crippen LogP contribution < -0.4 is 16.0 Å². The molecule has 0 aliphatic rings. The average Bonchev–Trinajstić information content (AvgIpc) is 2.60. The molecule has 0 aromatic heterocycles. The zero-order valence-electron chi connectivity index (χ0n) is 15.7. The van der Waals surface area contributed by atoms with E-state index in [4.69, 9.17) is 51.8 Å². The van der Waals surface area contributed by atoms with Crippen molar-refractivity contribution < 1.29 is 14.3 Å². The molecule has 0 unspecified atom stereocenters. The lowest BCUT2D eigenvalue weighted by Crippen LogP contribution is -2.57. The van der Waals surface area contributed by atoms with E-state index in [2.05, 4.69) is 16.0 Å². The number of thiocarbonyl (C=S) groups is 1. The molecule has 7 nitrogen and oxygen atoms in total. The van der Waals surface area contributed by atoms with Crippen molar-refractivity contribution in [3.05, 3.63) is 29.8 Å². The minimum absolute atomic E-state index is 0.119. The monoisotopic (exact) mass is 468 g/mol. The average molecular weight is 470 g/mol. The van der Waals surface area contributed by atoms with Gasteiger partial charge >= 0.3 is 12.0 Å². The van der Waals surface area contributed by atoms with Gasteiger partial charge in [-0.1, -0.05) is 48.1 Å². The topological polar surface area (TPSA) is 82.7 Å². The molecule has 0 heterocycles. The lowest BCUT2D eigenvalue weighted by atomic mass is 10.2. The molecule has 156 valence electrons. The highest BCUT2D eigenvalue weighted by molar-refractivity contribution is 7.80. The Morgan fingerprint density at radius 2 is 1.79 bits per heavy atom. The first-order chi connectivity index (χ1) is 13.0. The van der Waals surface area contributed by atoms with Crippen LogP contribution in [0, 0.1) is 0 Å². The third kappa shape index (κ3) is 8.68. The number of esters is 1. The molecule has 0 bridgehead atoms. The highest BCUT2D eigenvalue weighted by atomic mass is 35.6. The van der Waals surface area contributed by atoms with E-state index in [0.29, 0.717) is 17.9 Å². The molecule has 0 radical (unpaired) electrons. The zero-order chi connectivity index (χ0) is 21.3. The van der Waals surface area contributed by atoms with Crippen molar-refractivity contribution in [1.82, 2.24) is 15.5 Å². The van der Waals surface area contributed by atoms with E-state index in [1.165, 1.54) is 4.90 Å². The second kappa shape index (κ2) is 11.5. The molecular weight excluding hydrogens is 447 g/mol. The Morgan fingerprint density at radius 1 is 1.18 bits per heavy atom. The molecule has 0 aliphatic heterocycles. The van der Waals surface area contributed by atoms with Gasteiger partial charge in [0.1, 0.15) is 0 Å². The van der Waals surface area contributed by atoms with Crippen LogP contribution in [0.2, 0.25) is 0 Å². The summed E-state index contributed by atoms with van der Waals surface area (Å²) in [5.41, 5.74) is 1.03. The number of halogens is 3. The standard InChI is InChI=1S/C17H23Cl3N4O3S/c1-4-5-10-27-13(25)11-6-8-12(9-7-11)21-15(28)22-14(17(18,19)20)23-16(26)24(2)3/h6-9,14H,4-5,10H2,1-3H3,(H,23,26)(H2,21,22,28)/t14-/m0/s1. The van der Waals surface area contributed by atoms with E-state index >= 15 is 0 Å². The molecule has 0 aliphatic carbocycles. The third-order valence-corrected chi connectivity index (χ3v) is 4.26. The van der Waals surface area contributed by atoms with Gasteiger partial charge in [-0.3, -0.25) is 0 Å². The van der Waals surface area contributed by atoms with Crippen molar-refractivity contribution >= 4 is 69.8 Å². The number of rotatable bonds is 7. The summed E-state index contributed by atoms with van der Waals surface area (Å²) in [6, 6.07) is 6.08. The van der Waals surface area contributed by atoms with Crippen molar-refractivity contribution in [2.24, 2.45) is 0 Å². The SMILES string of the molecule is CCCCOC(=O)c1ccc(NC(=S)N[C@@H](NC(=O)N(C)C)C(Cl)(Cl)Cl)cc1. The van der Waals surface area contributed by atoms with Crippen LogP contribution in [-0.4, -0.2) is 52.7 Å². The van der Waals surface area contributed by atoms with Crippen molar-refractivity contribution in [1.29, 1.82) is 0 Å². The summed E-state index contributed by atoms with van der Waals surface area (Å²) in [6.07, 6.45) is 0.699. The number of benzene rings is 1. The van der Waals surface area contributed by atoms with Crippen LogP contribution in [0.15, 0.2) is 24.3 Å². The Kier molecular flexibility index (Phi) is 10.1. The number of unbranched alkanes of at least 4 members (excludes halogenated alkanes) is 1. The van der Waals surface area contributed by atoms with E-state index in [-0.39, 0.29) is 11.1 Å². The first-order valence-electron chi connectivity index (χ1n) is 8.43. The number of hydrogen-bond acceptors (Lipinski definition) is 4. The summed E-state index contributed by atoms with van der Waals surface area (Å²) in [5, 5.41) is 8.26. The number of ether oxygens (including phenoxy) is 1. The fraction of sp³-hybridized carbons (Fsp3) is 0.471. The molecule has 28 heavy (non-hydrogen) atoms. The van der Waals surface area contributed by atoms with Gasteiger partial charge in [0.15, 0.2) is 11.3 Å². The maximum Gasteiger partial charge on any atom is 0.338 e. The van der Waals surface area contributed by atoms with Crippen molar-refractivity contribution in [2.45, 2.75) is 29.7 Å². The third-order valence-electron chi connectivity index (χ3n) is 3.39. The Bertz CT molecular complexity index is 681. The van der Waals surface area contributed by atoms with Crippen LogP contribution in [0.4, 0.5) is 10.5 Å². The zero-order valence-corrected chi connectivity index (χ0v) is 18.8. The summed E-state index contributed by atoms with van der Waals surface area (Å²) in [7, 11) is 3.10. The fourth-order valence-electron chi connectivity index (χ4n) is 1.83. The largest absolute Gasteiger partial charge is 0.462 e. The summed E-state index contributed by atoms with van der Waals surface area (Å²) in [5.74, 6) is -0.386. The normalized spacial score (nSPS) is 11.9. The van der Waals surface area contributed by atoms with Crippen molar-refractivity contribution in [3.8, 4) is 0 Å². The van der Waals surface area contributed by atoms with E-state index in [1.807, 2.05) is 6.92 Å². The lowest BCUT2D eigenvalue weighted by molar-refractivity contribution is 0.0499. The van der Waals surface area contributed by atoms with Gasteiger partial charge in [-0.25, -0.2) is 9.59 Å². The Labute approximate surface area is 185 Å². The number of nitrogens with one attached hydrogen (secondary N) is 3. The maximum absolute atomic E-state index is 11.9. The van der Waals surface area contributed by atoms with Gasteiger partial charge in [-0.2, -0.15) is 0 Å². The summed E-state index contributed by atoms with van der Waals surface area (Å²) in [4.78, 5) is 25.0. The van der Waals surface area contributed by atoms with Gasteiger partial charge in [-0.05, 0) is 42.9 Å². The predicted octanol–water partition coefficient (Wildman–Crippen LogP) is 3.90. The lowest BCUT2D eigenvalue weighted by Gasteiger charge is -2.28. The summed E-state index contributed by atoms with van der Waals surface area (Å²) in [6.45, 7) is 2.41. The number of amides is 2. The van der Waals surface area contributed by atoms with Gasteiger partial charge in [0.05, 0.1) is 12.2 Å². The number of carbonyl (C=O) groups excluding carboxylic acids is 2. The van der Waals surface area contributed by atoms with E-state index in [0.717, 1.165) is 12.8 Å². The molecule has 3 N–H and O–H groups in total. The molecule has 0 spiro atoms. The first-order valence-corrected chi connectivity index (χ1v) is 9.98. The molecule has 0 saturated carbocycles. The fourth-order valence-corrected chi connectivity index (χ4v) is 2.40. The van der Waals surface area contributed by atoms with Crippen molar-refractivity contribution in [3.63, 3.8) is 0 Å². The molecule has 2 amide bonds. The highest BCUT2D eigenvalue weighted by Gasteiger charge is 2.35. The number of carbonyl (C=O) groups is 2. The van der Waals surface area contributed by atoms with Gasteiger partial charge in [0, 0.05) is 19.8 Å². The van der Waals surface area contributed by atoms with Crippen LogP contribution in [0.3, 0.4) is 0 Å². The number of hydrogen-bond donors (Lipinski definition) is 3. The summed E-state index contributed by atoms with van der Waals surface area (Å²) < 4.78 is 3.31. The molecule has 0 saturated heterocycles. The second-order valence-corrected chi connectivity index (χ2v) is 8.76. The number of nitrogens with zero attached hydrogens (tertiary/aromatic N) is 1. The highest BCUT2D eigenvalue weighted by Crippen LogP contribution is 2.29. The van der Waals surface area contributed by atoms with Gasteiger partial charge in [0.25, 0.3) is 0 Å². The second-order valence-electron chi connectivity index (χ2n) is 5.98. The molecular formula is C17H23Cl3N4O3S. The van der Waals surface area contributed by atoms with E-state index < -0.39 is 16.0 Å². The minimum atomic E-state index is -1.84. The van der Waals surface area contributed by atoms with E-state index in [9.17, 15) is 9.59 Å². The van der Waals surface area contributed by atoms with Gasteiger partial charge < -0.3 is 25.6 Å². The minimum Gasteiger partial charge on any atom is -0.462 e. The van der Waals surface area contributed by atoms with Gasteiger partial charge in [-0.15, -0.1) is 0 Å². The molecule has 1 rings (SSSR count). The molecule has 1 atom stereocenters. The number of urea groups is 1. The Morgan fingerprint density at radius 3 is 2.29 bits per heavy atom. The van der Waals surface area contributed by atoms with Crippen LogP contribution >= 0.6 is 47.0 Å². The Balaban J connectivity index is 2.67. The molecule has 0 fully saturated rings. The molecule has 1 aromatic rings. The van der Waals surface area contributed by atoms with Crippen LogP contribution in [0.5, 0.6) is 0 Å². The number of alkyl halides is 3. The van der Waals surface area contributed by atoms with E-state index in [1.54, 1.807) is 38.4 Å². The number of anilines is 1. The molecule has 11 heteroatoms. The molecule has 1 aromatic carbocycles. The Hall–Kier alpha value is -1.48. The predicted molar refractivity (Wildman–Crippen MR) is 117 cm³/mol. The van der Waals surface area contributed by atoms with Gasteiger partial charge in [0.2, 0.25) is 3.79 Å². The van der Waals surface area contributed by atoms with Crippen molar-refractivity contribution in [2.75, 3.05) is 26.0 Å². The van der Waals surface area contributed by atoms with Crippen LogP contribution in [0.25, 0.3) is 0 Å².